The maximum atomic E-state index is 2.74. The summed E-state index contributed by atoms with van der Waals surface area (Å²) in [6.07, 6.45) is 18.4. The maximum absolute atomic E-state index is 2.74. The molecule has 0 saturated carbocycles. The summed E-state index contributed by atoms with van der Waals surface area (Å²) in [5.74, 6) is 0.889. The fourth-order valence-corrected chi connectivity index (χ4v) is 3.10. The Morgan fingerprint density at radius 2 is 0.955 bits per heavy atom. The standard InChI is InChI=1S/C21H45N/c1-5-7-14-18-22(19-15-8-6-2)20-16-12-10-9-11-13-17-21(3)4/h21H,5-20H2,1-4H3. The minimum Gasteiger partial charge on any atom is -0.303 e. The lowest BCUT2D eigenvalue weighted by molar-refractivity contribution is 0.255. The normalized spacial score (nSPS) is 11.7. The number of hydrogen-bond acceptors (Lipinski definition) is 1. The van der Waals surface area contributed by atoms with Crippen molar-refractivity contribution in [2.45, 2.75) is 111 Å². The molecule has 0 aliphatic heterocycles. The van der Waals surface area contributed by atoms with Crippen molar-refractivity contribution in [3.63, 3.8) is 0 Å². The number of nitrogens with zero attached hydrogens (tertiary/aromatic N) is 1. The van der Waals surface area contributed by atoms with Crippen LogP contribution in [0.1, 0.15) is 111 Å². The molecule has 0 aromatic carbocycles. The quantitative estimate of drug-likeness (QED) is 0.260. The summed E-state index contributed by atoms with van der Waals surface area (Å²) in [7, 11) is 0. The molecule has 0 rings (SSSR count). The summed E-state index contributed by atoms with van der Waals surface area (Å²) in [5.41, 5.74) is 0. The summed E-state index contributed by atoms with van der Waals surface area (Å²) in [6, 6.07) is 0. The van der Waals surface area contributed by atoms with Crippen LogP contribution in [0.2, 0.25) is 0 Å². The summed E-state index contributed by atoms with van der Waals surface area (Å²) >= 11 is 0. The van der Waals surface area contributed by atoms with Gasteiger partial charge in [0.25, 0.3) is 0 Å². The molecule has 0 aliphatic rings. The molecular formula is C21H45N. The van der Waals surface area contributed by atoms with Crippen LogP contribution in [0.3, 0.4) is 0 Å². The maximum Gasteiger partial charge on any atom is -0.00187 e. The van der Waals surface area contributed by atoms with E-state index in [-0.39, 0.29) is 0 Å². The number of unbranched alkanes of at least 4 members (excludes halogenated alkanes) is 9. The van der Waals surface area contributed by atoms with Gasteiger partial charge < -0.3 is 4.90 Å². The monoisotopic (exact) mass is 311 g/mol. The van der Waals surface area contributed by atoms with Crippen LogP contribution in [0, 0.1) is 5.92 Å². The van der Waals surface area contributed by atoms with Crippen molar-refractivity contribution < 1.29 is 0 Å². The highest BCUT2D eigenvalue weighted by atomic mass is 15.1. The van der Waals surface area contributed by atoms with Gasteiger partial charge in [0, 0.05) is 0 Å². The van der Waals surface area contributed by atoms with E-state index in [0.717, 1.165) is 5.92 Å². The predicted octanol–water partition coefficient (Wildman–Crippen LogP) is 7.06. The summed E-state index contributed by atoms with van der Waals surface area (Å²) in [5, 5.41) is 0. The highest BCUT2D eigenvalue weighted by Gasteiger charge is 2.04. The van der Waals surface area contributed by atoms with Gasteiger partial charge in [0.2, 0.25) is 0 Å². The highest BCUT2D eigenvalue weighted by Crippen LogP contribution is 2.12. The van der Waals surface area contributed by atoms with Crippen LogP contribution in [-0.2, 0) is 0 Å². The van der Waals surface area contributed by atoms with Crippen LogP contribution < -0.4 is 0 Å². The molecule has 1 heteroatoms. The van der Waals surface area contributed by atoms with Gasteiger partial charge in [-0.25, -0.2) is 0 Å². The fraction of sp³-hybridized carbons (Fsp3) is 1.00. The molecular weight excluding hydrogens is 266 g/mol. The zero-order valence-corrected chi connectivity index (χ0v) is 16.3. The van der Waals surface area contributed by atoms with Crippen molar-refractivity contribution in [3.8, 4) is 0 Å². The van der Waals surface area contributed by atoms with Gasteiger partial charge in [0.05, 0.1) is 0 Å². The molecule has 0 radical (unpaired) electrons. The van der Waals surface area contributed by atoms with Crippen LogP contribution in [-0.4, -0.2) is 24.5 Å². The molecule has 0 unspecified atom stereocenters. The zero-order valence-electron chi connectivity index (χ0n) is 16.3. The van der Waals surface area contributed by atoms with Crippen molar-refractivity contribution in [2.75, 3.05) is 19.6 Å². The molecule has 0 heterocycles. The third kappa shape index (κ3) is 16.3. The first kappa shape index (κ1) is 22.0. The molecule has 0 atom stereocenters. The van der Waals surface area contributed by atoms with E-state index in [0.29, 0.717) is 0 Å². The van der Waals surface area contributed by atoms with Gasteiger partial charge in [-0.05, 0) is 44.8 Å². The average Bonchev–Trinajstić information content (AvgIpc) is 2.49. The van der Waals surface area contributed by atoms with E-state index in [4.69, 9.17) is 0 Å². The highest BCUT2D eigenvalue weighted by molar-refractivity contribution is 4.59. The molecule has 0 aromatic heterocycles. The van der Waals surface area contributed by atoms with E-state index < -0.39 is 0 Å². The summed E-state index contributed by atoms with van der Waals surface area (Å²) in [4.78, 5) is 2.74. The van der Waals surface area contributed by atoms with E-state index in [2.05, 4.69) is 32.6 Å². The van der Waals surface area contributed by atoms with Gasteiger partial charge in [-0.3, -0.25) is 0 Å². The first-order chi connectivity index (χ1) is 10.7. The first-order valence-corrected chi connectivity index (χ1v) is 10.4. The Morgan fingerprint density at radius 3 is 1.41 bits per heavy atom. The minimum atomic E-state index is 0.889. The predicted molar refractivity (Wildman–Crippen MR) is 103 cm³/mol. The van der Waals surface area contributed by atoms with Crippen LogP contribution >= 0.6 is 0 Å². The van der Waals surface area contributed by atoms with E-state index in [1.54, 1.807) is 0 Å². The van der Waals surface area contributed by atoms with Crippen molar-refractivity contribution in [3.05, 3.63) is 0 Å². The second-order valence-electron chi connectivity index (χ2n) is 7.56. The molecule has 1 nitrogen and oxygen atoms in total. The molecule has 134 valence electrons. The molecule has 0 N–H and O–H groups in total. The van der Waals surface area contributed by atoms with Crippen LogP contribution in [0.4, 0.5) is 0 Å². The molecule has 0 spiro atoms. The Kier molecular flexibility index (Phi) is 17.3. The fourth-order valence-electron chi connectivity index (χ4n) is 3.10. The third-order valence-electron chi connectivity index (χ3n) is 4.66. The lowest BCUT2D eigenvalue weighted by Crippen LogP contribution is -2.27. The average molecular weight is 312 g/mol. The van der Waals surface area contributed by atoms with Gasteiger partial charge in [-0.1, -0.05) is 91.9 Å². The lowest BCUT2D eigenvalue weighted by Gasteiger charge is -2.22. The zero-order chi connectivity index (χ0) is 16.5. The van der Waals surface area contributed by atoms with E-state index >= 15 is 0 Å². The van der Waals surface area contributed by atoms with Gasteiger partial charge in [-0.15, -0.1) is 0 Å². The molecule has 0 aliphatic carbocycles. The molecule has 0 bridgehead atoms. The topological polar surface area (TPSA) is 3.24 Å². The molecule has 0 amide bonds. The van der Waals surface area contributed by atoms with E-state index in [9.17, 15) is 0 Å². The second kappa shape index (κ2) is 17.3. The van der Waals surface area contributed by atoms with Crippen LogP contribution in [0.25, 0.3) is 0 Å². The smallest absolute Gasteiger partial charge is 0.00187 e. The molecule has 0 fully saturated rings. The van der Waals surface area contributed by atoms with E-state index in [1.165, 1.54) is 103 Å². The van der Waals surface area contributed by atoms with E-state index in [1.807, 2.05) is 0 Å². The van der Waals surface area contributed by atoms with Gasteiger partial charge in [-0.2, -0.15) is 0 Å². The van der Waals surface area contributed by atoms with Crippen molar-refractivity contribution in [2.24, 2.45) is 5.92 Å². The Hall–Kier alpha value is -0.0400. The Morgan fingerprint density at radius 1 is 0.545 bits per heavy atom. The third-order valence-corrected chi connectivity index (χ3v) is 4.66. The number of rotatable bonds is 17. The van der Waals surface area contributed by atoms with Crippen LogP contribution in [0.5, 0.6) is 0 Å². The Balaban J connectivity index is 3.55. The van der Waals surface area contributed by atoms with Crippen LogP contribution in [0.15, 0.2) is 0 Å². The van der Waals surface area contributed by atoms with Gasteiger partial charge in [0.15, 0.2) is 0 Å². The second-order valence-corrected chi connectivity index (χ2v) is 7.56. The minimum absolute atomic E-state index is 0.889. The van der Waals surface area contributed by atoms with Gasteiger partial charge >= 0.3 is 0 Å². The molecule has 0 aromatic rings. The summed E-state index contributed by atoms with van der Waals surface area (Å²) < 4.78 is 0. The first-order valence-electron chi connectivity index (χ1n) is 10.4. The molecule has 0 saturated heterocycles. The largest absolute Gasteiger partial charge is 0.303 e. The Labute approximate surface area is 142 Å². The van der Waals surface area contributed by atoms with Crippen molar-refractivity contribution in [1.82, 2.24) is 4.90 Å². The van der Waals surface area contributed by atoms with Crippen molar-refractivity contribution in [1.29, 1.82) is 0 Å². The van der Waals surface area contributed by atoms with Crippen molar-refractivity contribution >= 4 is 0 Å². The Bertz CT molecular complexity index is 190. The summed E-state index contributed by atoms with van der Waals surface area (Å²) in [6.45, 7) is 13.3. The SMILES string of the molecule is CCCCCN(CCCCC)CCCCCCCCC(C)C. The lowest BCUT2D eigenvalue weighted by atomic mass is 10.0. The molecule has 22 heavy (non-hydrogen) atoms. The number of hydrogen-bond donors (Lipinski definition) is 0. The van der Waals surface area contributed by atoms with Gasteiger partial charge in [0.1, 0.15) is 0 Å².